The molecule has 0 bridgehead atoms. The molecule has 2 heterocycles. The lowest BCUT2D eigenvalue weighted by molar-refractivity contribution is 0.493. The van der Waals surface area contributed by atoms with E-state index in [1.165, 1.54) is 17.0 Å². The molecule has 3 rings (SSSR count). The zero-order chi connectivity index (χ0) is 16.6. The van der Waals surface area contributed by atoms with E-state index in [0.717, 1.165) is 30.4 Å². The largest absolute Gasteiger partial charge is 0.268 e. The van der Waals surface area contributed by atoms with Crippen molar-refractivity contribution in [1.29, 1.82) is 0 Å². The molecule has 0 saturated heterocycles. The van der Waals surface area contributed by atoms with E-state index in [9.17, 15) is 0 Å². The van der Waals surface area contributed by atoms with Gasteiger partial charge in [0.05, 0.1) is 11.9 Å². The Kier molecular flexibility index (Phi) is 6.36. The van der Waals surface area contributed by atoms with Crippen LogP contribution in [0.5, 0.6) is 0 Å². The van der Waals surface area contributed by atoms with Gasteiger partial charge in [0.2, 0.25) is 0 Å². The summed E-state index contributed by atoms with van der Waals surface area (Å²) in [7, 11) is -0.228. The molecule has 3 unspecified atom stereocenters. The second-order valence-corrected chi connectivity index (χ2v) is 11.3. The van der Waals surface area contributed by atoms with Crippen LogP contribution >= 0.6 is 73.6 Å². The highest BCUT2D eigenvalue weighted by Crippen LogP contribution is 2.41. The average molecular weight is 520 g/mol. The number of nitrogens with zero attached hydrogens (tertiary/aromatic N) is 2. The minimum Gasteiger partial charge on any atom is -0.268 e. The summed E-state index contributed by atoms with van der Waals surface area (Å²) in [5.41, 5.74) is 3.00. The fourth-order valence-corrected chi connectivity index (χ4v) is 7.39. The van der Waals surface area contributed by atoms with Gasteiger partial charge in [0, 0.05) is 37.9 Å². The minimum absolute atomic E-state index is 0.228. The van der Waals surface area contributed by atoms with Crippen LogP contribution < -0.4 is 0 Å². The van der Waals surface area contributed by atoms with Gasteiger partial charge in [-0.3, -0.25) is 4.68 Å². The van der Waals surface area contributed by atoms with E-state index in [2.05, 4.69) is 37.7 Å². The van der Waals surface area contributed by atoms with Crippen LogP contribution in [0.2, 0.25) is 15.1 Å². The smallest absolute Gasteiger partial charge is 0.0624 e. The van der Waals surface area contributed by atoms with E-state index in [1.54, 1.807) is 12.1 Å². The fraction of sp³-hybridized carbons (Fsp3) is 0.333. The molecule has 0 amide bonds. The molecule has 0 radical (unpaired) electrons. The first kappa shape index (κ1) is 18.5. The second kappa shape index (κ2) is 7.92. The fourth-order valence-electron chi connectivity index (χ4n) is 2.71. The summed E-state index contributed by atoms with van der Waals surface area (Å²) in [6.07, 6.45) is 5.23. The van der Waals surface area contributed by atoms with Gasteiger partial charge in [-0.2, -0.15) is 15.6 Å². The monoisotopic (exact) mass is 518 g/mol. The molecule has 0 saturated carbocycles. The third kappa shape index (κ3) is 4.09. The van der Waals surface area contributed by atoms with Crippen molar-refractivity contribution < 1.29 is 0 Å². The first-order valence-corrected chi connectivity index (χ1v) is 13.9. The van der Waals surface area contributed by atoms with Gasteiger partial charge < -0.3 is 0 Å². The lowest BCUT2D eigenvalue weighted by atomic mass is 10.1. The Morgan fingerprint density at radius 3 is 2.70 bits per heavy atom. The van der Waals surface area contributed by atoms with Gasteiger partial charge in [0.25, 0.3) is 0 Å². The summed E-state index contributed by atoms with van der Waals surface area (Å²) >= 11 is 21.1. The zero-order valence-corrected chi connectivity index (χ0v) is 18.4. The van der Waals surface area contributed by atoms with E-state index in [1.807, 2.05) is 6.20 Å². The number of halogens is 4. The van der Waals surface area contributed by atoms with Crippen LogP contribution in [-0.4, -0.2) is 21.3 Å². The SMILES string of the molecule is C=S(Cc1c(Cl)cc(Cl)cc1Cl)c1cnn2c1CCC(PI)C2. The Morgan fingerprint density at radius 2 is 2.04 bits per heavy atom. The van der Waals surface area contributed by atoms with Crippen molar-refractivity contribution in [1.82, 2.24) is 9.78 Å². The van der Waals surface area contributed by atoms with E-state index < -0.39 is 0 Å². The number of aromatic nitrogens is 2. The second-order valence-electron chi connectivity index (χ2n) is 5.47. The molecular formula is C15H15Cl3IN2PS. The van der Waals surface area contributed by atoms with Crippen LogP contribution in [0.1, 0.15) is 17.7 Å². The Morgan fingerprint density at radius 1 is 1.35 bits per heavy atom. The van der Waals surface area contributed by atoms with Gasteiger partial charge in [-0.15, -0.1) is 0 Å². The molecule has 0 spiro atoms. The maximum atomic E-state index is 6.31. The van der Waals surface area contributed by atoms with Crippen molar-refractivity contribution in [2.24, 2.45) is 0 Å². The van der Waals surface area contributed by atoms with Crippen LogP contribution in [-0.2, 0) is 18.7 Å². The van der Waals surface area contributed by atoms with E-state index in [-0.39, 0.29) is 10.5 Å². The normalized spacial score (nSPS) is 19.2. The van der Waals surface area contributed by atoms with Crippen molar-refractivity contribution in [3.8, 4) is 0 Å². The van der Waals surface area contributed by atoms with Crippen molar-refractivity contribution >= 4 is 79.4 Å². The van der Waals surface area contributed by atoms with Crippen molar-refractivity contribution in [2.45, 2.75) is 35.7 Å². The van der Waals surface area contributed by atoms with Crippen LogP contribution in [0.25, 0.3) is 0 Å². The topological polar surface area (TPSA) is 17.8 Å². The Hall–Kier alpha value is 0.680. The molecule has 23 heavy (non-hydrogen) atoms. The van der Waals surface area contributed by atoms with Gasteiger partial charge in [0.1, 0.15) is 0 Å². The van der Waals surface area contributed by atoms with Gasteiger partial charge in [0.15, 0.2) is 0 Å². The molecule has 8 heteroatoms. The molecule has 0 N–H and O–H groups in total. The number of hydrogen-bond acceptors (Lipinski definition) is 1. The van der Waals surface area contributed by atoms with Crippen LogP contribution in [0.4, 0.5) is 0 Å². The zero-order valence-electron chi connectivity index (χ0n) is 12.2. The van der Waals surface area contributed by atoms with Gasteiger partial charge in [-0.1, -0.05) is 68.9 Å². The Bertz CT molecular complexity index is 742. The Balaban J connectivity index is 1.84. The number of rotatable bonds is 4. The van der Waals surface area contributed by atoms with E-state index in [4.69, 9.17) is 34.8 Å². The third-order valence-corrected chi connectivity index (χ3v) is 9.84. The Labute approximate surface area is 168 Å². The van der Waals surface area contributed by atoms with Crippen molar-refractivity contribution in [3.63, 3.8) is 0 Å². The molecule has 2 nitrogen and oxygen atoms in total. The van der Waals surface area contributed by atoms with Crippen molar-refractivity contribution in [3.05, 3.63) is 44.7 Å². The number of fused-ring (bicyclic) bond motifs is 1. The van der Waals surface area contributed by atoms with Gasteiger partial charge in [-0.25, -0.2) is 0 Å². The molecule has 124 valence electrons. The van der Waals surface area contributed by atoms with Gasteiger partial charge in [-0.05, 0) is 30.5 Å². The summed E-state index contributed by atoms with van der Waals surface area (Å²) in [5, 5.41) is 6.35. The standard InChI is InChI=1S/C15H15Cl3IN2PS/c1-23(8-11-12(17)4-9(16)5-13(11)18)15-6-20-21-7-10(22-19)2-3-14(15)21/h4-6,10,22H,1-3,7-8H2. The minimum atomic E-state index is -0.228. The molecule has 2 aromatic rings. The molecule has 0 fully saturated rings. The van der Waals surface area contributed by atoms with Crippen molar-refractivity contribution in [2.75, 3.05) is 0 Å². The summed E-state index contributed by atoms with van der Waals surface area (Å²) < 4.78 is 2.16. The number of benzene rings is 1. The lowest BCUT2D eigenvalue weighted by Gasteiger charge is -2.23. The van der Waals surface area contributed by atoms with E-state index in [0.29, 0.717) is 20.8 Å². The quantitative estimate of drug-likeness (QED) is 0.258. The van der Waals surface area contributed by atoms with Crippen LogP contribution in [0, 0.1) is 0 Å². The highest BCUT2D eigenvalue weighted by atomic mass is 127. The molecular weight excluding hydrogens is 504 g/mol. The molecule has 0 aliphatic carbocycles. The number of hydrogen-bond donors (Lipinski definition) is 0. The highest BCUT2D eigenvalue weighted by molar-refractivity contribution is 14.2. The maximum Gasteiger partial charge on any atom is 0.0624 e. The molecule has 1 aromatic carbocycles. The first-order chi connectivity index (χ1) is 11.0. The highest BCUT2D eigenvalue weighted by Gasteiger charge is 2.22. The third-order valence-electron chi connectivity index (χ3n) is 3.92. The molecule has 1 aliphatic rings. The molecule has 1 aliphatic heterocycles. The average Bonchev–Trinajstić information content (AvgIpc) is 2.93. The first-order valence-electron chi connectivity index (χ1n) is 7.04. The summed E-state index contributed by atoms with van der Waals surface area (Å²) in [4.78, 5) is 1.24. The molecule has 3 atom stereocenters. The predicted octanol–water partition coefficient (Wildman–Crippen LogP) is 6.45. The predicted molar refractivity (Wildman–Crippen MR) is 115 cm³/mol. The lowest BCUT2D eigenvalue weighted by Crippen LogP contribution is -2.21. The summed E-state index contributed by atoms with van der Waals surface area (Å²) in [5.74, 6) is 5.07. The molecule has 1 aromatic heterocycles. The maximum absolute atomic E-state index is 6.31. The van der Waals surface area contributed by atoms with Gasteiger partial charge >= 0.3 is 0 Å². The summed E-state index contributed by atoms with van der Waals surface area (Å²) in [6, 6.07) is 3.47. The van der Waals surface area contributed by atoms with Crippen LogP contribution in [0.15, 0.2) is 23.2 Å². The summed E-state index contributed by atoms with van der Waals surface area (Å²) in [6.45, 7) is 1.02. The van der Waals surface area contributed by atoms with Crippen LogP contribution in [0.3, 0.4) is 0 Å². The van der Waals surface area contributed by atoms with E-state index >= 15 is 0 Å².